The van der Waals surface area contributed by atoms with Gasteiger partial charge in [-0.2, -0.15) is 0 Å². The van der Waals surface area contributed by atoms with Crippen LogP contribution in [-0.4, -0.2) is 43.9 Å². The first-order valence-corrected chi connectivity index (χ1v) is 11.5. The van der Waals surface area contributed by atoms with E-state index >= 15 is 0 Å². The van der Waals surface area contributed by atoms with Crippen molar-refractivity contribution in [1.29, 1.82) is 0 Å². The number of hydrogen-bond donors (Lipinski definition) is 3. The molecule has 0 atom stereocenters. The summed E-state index contributed by atoms with van der Waals surface area (Å²) in [6, 6.07) is 14.9. The molecule has 0 spiro atoms. The highest BCUT2D eigenvalue weighted by molar-refractivity contribution is 5.86. The van der Waals surface area contributed by atoms with Crippen molar-refractivity contribution < 1.29 is 9.47 Å². The number of rotatable bonds is 8. The molecule has 4 rings (SSSR count). The predicted molar refractivity (Wildman–Crippen MR) is 130 cm³/mol. The molecular weight excluding hydrogens is 400 g/mol. The van der Waals surface area contributed by atoms with Crippen LogP contribution in [0, 0.1) is 6.92 Å². The Morgan fingerprint density at radius 3 is 2.78 bits per heavy atom. The molecule has 0 bridgehead atoms. The van der Waals surface area contributed by atoms with E-state index in [9.17, 15) is 0 Å². The SMILES string of the molecule is CN=C(NCCc1c[nH]c2cccc(C)c12)NCc1cccc(COC2CCOCC2)c1. The second-order valence-electron chi connectivity index (χ2n) is 8.36. The number of aryl methyl sites for hydroxylation is 1. The van der Waals surface area contributed by atoms with Gasteiger partial charge in [-0.1, -0.05) is 36.4 Å². The Bertz CT molecular complexity index is 1040. The van der Waals surface area contributed by atoms with Gasteiger partial charge in [-0.05, 0) is 54.5 Å². The third-order valence-electron chi connectivity index (χ3n) is 6.01. The molecule has 1 aliphatic heterocycles. The first-order chi connectivity index (χ1) is 15.7. The van der Waals surface area contributed by atoms with Crippen LogP contribution in [0.1, 0.15) is 35.1 Å². The maximum atomic E-state index is 6.06. The van der Waals surface area contributed by atoms with Crippen LogP contribution in [0.2, 0.25) is 0 Å². The second-order valence-corrected chi connectivity index (χ2v) is 8.36. The number of benzene rings is 2. The van der Waals surface area contributed by atoms with Crippen molar-refractivity contribution in [3.8, 4) is 0 Å². The minimum absolute atomic E-state index is 0.314. The van der Waals surface area contributed by atoms with Crippen LogP contribution in [0.3, 0.4) is 0 Å². The average Bonchev–Trinajstić information content (AvgIpc) is 3.25. The number of ether oxygens (including phenoxy) is 2. The molecule has 0 amide bonds. The Morgan fingerprint density at radius 2 is 1.94 bits per heavy atom. The molecule has 2 heterocycles. The zero-order chi connectivity index (χ0) is 22.2. The zero-order valence-corrected chi connectivity index (χ0v) is 19.1. The number of guanidine groups is 1. The number of H-pyrrole nitrogens is 1. The summed E-state index contributed by atoms with van der Waals surface area (Å²) in [4.78, 5) is 7.75. The van der Waals surface area contributed by atoms with Crippen molar-refractivity contribution in [1.82, 2.24) is 15.6 Å². The van der Waals surface area contributed by atoms with Gasteiger partial charge in [-0.25, -0.2) is 0 Å². The number of hydrogen-bond acceptors (Lipinski definition) is 3. The fourth-order valence-corrected chi connectivity index (χ4v) is 4.26. The number of nitrogens with one attached hydrogen (secondary N) is 3. The van der Waals surface area contributed by atoms with Crippen LogP contribution in [0.15, 0.2) is 53.7 Å². The number of fused-ring (bicyclic) bond motifs is 1. The van der Waals surface area contributed by atoms with E-state index in [0.717, 1.165) is 51.5 Å². The minimum atomic E-state index is 0.314. The van der Waals surface area contributed by atoms with Crippen LogP contribution in [-0.2, 0) is 29.0 Å². The van der Waals surface area contributed by atoms with E-state index in [1.54, 1.807) is 0 Å². The van der Waals surface area contributed by atoms with Crippen molar-refractivity contribution in [2.75, 3.05) is 26.8 Å². The maximum Gasteiger partial charge on any atom is 0.191 e. The normalized spacial score (nSPS) is 15.2. The predicted octanol–water partition coefficient (Wildman–Crippen LogP) is 4.08. The summed E-state index contributed by atoms with van der Waals surface area (Å²) in [6.07, 6.45) is 5.34. The van der Waals surface area contributed by atoms with Gasteiger partial charge >= 0.3 is 0 Å². The van der Waals surface area contributed by atoms with Crippen molar-refractivity contribution in [3.63, 3.8) is 0 Å². The molecule has 32 heavy (non-hydrogen) atoms. The summed E-state index contributed by atoms with van der Waals surface area (Å²) in [5, 5.41) is 8.18. The largest absolute Gasteiger partial charge is 0.381 e. The molecule has 6 heteroatoms. The Balaban J connectivity index is 1.24. The average molecular weight is 435 g/mol. The summed E-state index contributed by atoms with van der Waals surface area (Å²) in [7, 11) is 1.81. The van der Waals surface area contributed by atoms with Gasteiger partial charge < -0.3 is 25.1 Å². The summed E-state index contributed by atoms with van der Waals surface area (Å²) >= 11 is 0. The van der Waals surface area contributed by atoms with Gasteiger partial charge in [0.1, 0.15) is 0 Å². The molecule has 1 aromatic heterocycles. The molecule has 3 N–H and O–H groups in total. The van der Waals surface area contributed by atoms with Crippen LogP contribution in [0.4, 0.5) is 0 Å². The smallest absolute Gasteiger partial charge is 0.191 e. The number of nitrogens with zero attached hydrogens (tertiary/aromatic N) is 1. The molecule has 3 aromatic rings. The summed E-state index contributed by atoms with van der Waals surface area (Å²) in [6.45, 7) is 5.96. The first-order valence-electron chi connectivity index (χ1n) is 11.5. The molecule has 0 unspecified atom stereocenters. The van der Waals surface area contributed by atoms with E-state index in [1.807, 2.05) is 7.05 Å². The lowest BCUT2D eigenvalue weighted by Crippen LogP contribution is -2.37. The van der Waals surface area contributed by atoms with Gasteiger partial charge in [0.15, 0.2) is 5.96 Å². The first kappa shape index (κ1) is 22.4. The summed E-state index contributed by atoms with van der Waals surface area (Å²) < 4.78 is 11.5. The van der Waals surface area contributed by atoms with Crippen LogP contribution in [0.25, 0.3) is 10.9 Å². The Labute approximate surface area is 190 Å². The third kappa shape index (κ3) is 5.90. The Morgan fingerprint density at radius 1 is 1.12 bits per heavy atom. The number of aromatic amines is 1. The Kier molecular flexibility index (Phi) is 7.80. The fraction of sp³-hybridized carbons (Fsp3) is 0.423. The standard InChI is InChI=1S/C26H34N4O2/c1-19-5-3-8-24-25(19)22(17-29-24)9-12-28-26(27-2)30-16-20-6-4-7-21(15-20)18-32-23-10-13-31-14-11-23/h3-8,15,17,23,29H,9-14,16,18H2,1-2H3,(H2,27,28,30). The summed E-state index contributed by atoms with van der Waals surface area (Å²) in [5.41, 5.74) is 6.25. The highest BCUT2D eigenvalue weighted by atomic mass is 16.5. The van der Waals surface area contributed by atoms with Gasteiger partial charge in [-0.15, -0.1) is 0 Å². The molecular formula is C26H34N4O2. The van der Waals surface area contributed by atoms with Crippen molar-refractivity contribution >= 4 is 16.9 Å². The fourth-order valence-electron chi connectivity index (χ4n) is 4.26. The molecule has 0 radical (unpaired) electrons. The monoisotopic (exact) mass is 434 g/mol. The van der Waals surface area contributed by atoms with Crippen molar-refractivity contribution in [2.24, 2.45) is 4.99 Å². The molecule has 0 saturated carbocycles. The number of aliphatic imine (C=N–C) groups is 1. The van der Waals surface area contributed by atoms with Gasteiger partial charge in [0.25, 0.3) is 0 Å². The second kappa shape index (κ2) is 11.2. The lowest BCUT2D eigenvalue weighted by molar-refractivity contribution is -0.0390. The highest BCUT2D eigenvalue weighted by Gasteiger charge is 2.14. The topological polar surface area (TPSA) is 70.7 Å². The third-order valence-corrected chi connectivity index (χ3v) is 6.01. The lowest BCUT2D eigenvalue weighted by atomic mass is 10.1. The van der Waals surface area contributed by atoms with Gasteiger partial charge in [0.2, 0.25) is 0 Å². The lowest BCUT2D eigenvalue weighted by Gasteiger charge is -2.22. The van der Waals surface area contributed by atoms with Gasteiger partial charge in [-0.3, -0.25) is 4.99 Å². The van der Waals surface area contributed by atoms with E-state index in [4.69, 9.17) is 9.47 Å². The molecule has 170 valence electrons. The number of aromatic nitrogens is 1. The van der Waals surface area contributed by atoms with E-state index < -0.39 is 0 Å². The molecule has 1 aliphatic rings. The van der Waals surface area contributed by atoms with Crippen molar-refractivity contribution in [3.05, 3.63) is 70.9 Å². The molecule has 0 aliphatic carbocycles. The molecule has 1 fully saturated rings. The van der Waals surface area contributed by atoms with Crippen LogP contribution >= 0.6 is 0 Å². The zero-order valence-electron chi connectivity index (χ0n) is 19.1. The summed E-state index contributed by atoms with van der Waals surface area (Å²) in [5.74, 6) is 0.811. The van der Waals surface area contributed by atoms with E-state index in [-0.39, 0.29) is 0 Å². The Hall–Kier alpha value is -2.83. The van der Waals surface area contributed by atoms with Gasteiger partial charge in [0.05, 0.1) is 12.7 Å². The van der Waals surface area contributed by atoms with Crippen molar-refractivity contribution in [2.45, 2.75) is 45.4 Å². The minimum Gasteiger partial charge on any atom is -0.381 e. The van der Waals surface area contributed by atoms with Gasteiger partial charge in [0, 0.05) is 50.5 Å². The molecule has 2 aromatic carbocycles. The van der Waals surface area contributed by atoms with E-state index in [1.165, 1.54) is 33.2 Å². The van der Waals surface area contributed by atoms with E-state index in [2.05, 4.69) is 76.2 Å². The highest BCUT2D eigenvalue weighted by Crippen LogP contribution is 2.22. The quantitative estimate of drug-likeness (QED) is 0.369. The van der Waals surface area contributed by atoms with E-state index in [0.29, 0.717) is 12.7 Å². The maximum absolute atomic E-state index is 6.06. The van der Waals surface area contributed by atoms with Crippen LogP contribution in [0.5, 0.6) is 0 Å². The molecule has 6 nitrogen and oxygen atoms in total. The van der Waals surface area contributed by atoms with Crippen LogP contribution < -0.4 is 10.6 Å². The molecule has 1 saturated heterocycles.